The second-order valence-corrected chi connectivity index (χ2v) is 10.4. The minimum atomic E-state index is -0.839. The van der Waals surface area contributed by atoms with E-state index in [1.807, 2.05) is 62.4 Å². The molecule has 5 rings (SSSR count). The Hall–Kier alpha value is -3.52. The van der Waals surface area contributed by atoms with E-state index < -0.39 is 17.5 Å². The molecule has 2 aliphatic rings. The summed E-state index contributed by atoms with van der Waals surface area (Å²) < 4.78 is 0. The van der Waals surface area contributed by atoms with Crippen molar-refractivity contribution in [2.45, 2.75) is 51.5 Å². The van der Waals surface area contributed by atoms with Crippen LogP contribution in [0.4, 0.5) is 9.93 Å². The Labute approximate surface area is 208 Å². The molecule has 1 spiro atoms. The summed E-state index contributed by atoms with van der Waals surface area (Å²) in [7, 11) is 0. The number of carbonyl (C=O) groups is 3. The predicted molar refractivity (Wildman–Crippen MR) is 137 cm³/mol. The lowest BCUT2D eigenvalue weighted by Gasteiger charge is -2.30. The van der Waals surface area contributed by atoms with Crippen LogP contribution in [-0.2, 0) is 9.59 Å². The molecular formula is C27H28N4O3S. The number of carbonyl (C=O) groups excluding carboxylic acids is 3. The third-order valence-electron chi connectivity index (χ3n) is 6.77. The normalized spacial score (nSPS) is 17.0. The molecule has 180 valence electrons. The quantitative estimate of drug-likeness (QED) is 0.478. The van der Waals surface area contributed by atoms with Crippen molar-refractivity contribution < 1.29 is 14.4 Å². The number of aromatic nitrogens is 1. The van der Waals surface area contributed by atoms with Gasteiger partial charge in [0.1, 0.15) is 12.1 Å². The van der Waals surface area contributed by atoms with Crippen molar-refractivity contribution >= 4 is 34.3 Å². The maximum atomic E-state index is 13.0. The highest BCUT2D eigenvalue weighted by Gasteiger charge is 2.51. The van der Waals surface area contributed by atoms with Crippen LogP contribution in [0.2, 0.25) is 0 Å². The average Bonchev–Trinajstić information content (AvgIpc) is 3.35. The summed E-state index contributed by atoms with van der Waals surface area (Å²) in [5, 5.41) is 6.10. The smallest absolute Gasteiger partial charge is 0.323 e. The van der Waals surface area contributed by atoms with Gasteiger partial charge in [0.05, 0.1) is 10.6 Å². The van der Waals surface area contributed by atoms with E-state index in [0.717, 1.165) is 57.0 Å². The van der Waals surface area contributed by atoms with E-state index in [4.69, 9.17) is 4.98 Å². The van der Waals surface area contributed by atoms with E-state index >= 15 is 0 Å². The van der Waals surface area contributed by atoms with Crippen LogP contribution < -0.4 is 10.6 Å². The number of anilines is 1. The number of urea groups is 1. The molecule has 1 aliphatic carbocycles. The molecule has 0 bridgehead atoms. The molecule has 35 heavy (non-hydrogen) atoms. The number of benzene rings is 2. The largest absolute Gasteiger partial charge is 0.325 e. The highest BCUT2D eigenvalue weighted by molar-refractivity contribution is 7.19. The first-order chi connectivity index (χ1) is 16.8. The topological polar surface area (TPSA) is 91.4 Å². The van der Waals surface area contributed by atoms with Gasteiger partial charge in [-0.1, -0.05) is 90.3 Å². The van der Waals surface area contributed by atoms with E-state index in [1.165, 1.54) is 11.3 Å². The fraction of sp³-hybridized carbons (Fsp3) is 0.333. The van der Waals surface area contributed by atoms with Crippen molar-refractivity contribution in [3.05, 3.63) is 59.7 Å². The Balaban J connectivity index is 1.38. The zero-order chi connectivity index (χ0) is 24.6. The van der Waals surface area contributed by atoms with Crippen LogP contribution in [0.3, 0.4) is 0 Å². The van der Waals surface area contributed by atoms with Gasteiger partial charge in [-0.25, -0.2) is 9.78 Å². The fourth-order valence-corrected chi connectivity index (χ4v) is 5.81. The van der Waals surface area contributed by atoms with E-state index in [1.54, 1.807) is 0 Å². The molecule has 3 aromatic rings. The molecule has 1 aromatic heterocycles. The number of nitrogens with one attached hydrogen (secondary N) is 2. The summed E-state index contributed by atoms with van der Waals surface area (Å²) in [6, 6.07) is 15.8. The molecule has 0 radical (unpaired) electrons. The molecule has 0 unspecified atom stereocenters. The van der Waals surface area contributed by atoms with Crippen LogP contribution in [-0.4, -0.2) is 39.8 Å². The molecule has 2 heterocycles. The molecule has 1 saturated heterocycles. The molecule has 0 atom stereocenters. The first-order valence-electron chi connectivity index (χ1n) is 11.9. The van der Waals surface area contributed by atoms with Gasteiger partial charge in [-0.15, -0.1) is 0 Å². The summed E-state index contributed by atoms with van der Waals surface area (Å²) in [6.45, 7) is 3.74. The van der Waals surface area contributed by atoms with Gasteiger partial charge in [-0.3, -0.25) is 14.5 Å². The second-order valence-electron chi connectivity index (χ2n) is 9.44. The summed E-state index contributed by atoms with van der Waals surface area (Å²) in [6.07, 6.45) is 4.11. The summed E-state index contributed by atoms with van der Waals surface area (Å²) >= 11 is 1.38. The molecule has 1 aliphatic heterocycles. The van der Waals surface area contributed by atoms with Gasteiger partial charge in [-0.05, 0) is 32.3 Å². The van der Waals surface area contributed by atoms with Crippen LogP contribution in [0.1, 0.15) is 43.2 Å². The molecule has 2 N–H and O–H groups in total. The number of hydrogen-bond donors (Lipinski definition) is 2. The summed E-state index contributed by atoms with van der Waals surface area (Å²) in [5.41, 5.74) is 4.22. The zero-order valence-corrected chi connectivity index (χ0v) is 20.7. The molecule has 7 nitrogen and oxygen atoms in total. The van der Waals surface area contributed by atoms with Crippen molar-refractivity contribution in [3.8, 4) is 21.7 Å². The highest BCUT2D eigenvalue weighted by Crippen LogP contribution is 2.39. The third-order valence-corrected chi connectivity index (χ3v) is 7.79. The second kappa shape index (κ2) is 9.26. The molecular weight excluding hydrogens is 460 g/mol. The first kappa shape index (κ1) is 23.2. The van der Waals surface area contributed by atoms with E-state index in [0.29, 0.717) is 18.0 Å². The Morgan fingerprint density at radius 3 is 2.20 bits per heavy atom. The maximum Gasteiger partial charge on any atom is 0.325 e. The summed E-state index contributed by atoms with van der Waals surface area (Å²) in [4.78, 5) is 45.1. The number of aryl methyl sites for hydroxylation is 2. The van der Waals surface area contributed by atoms with E-state index in [-0.39, 0.29) is 12.5 Å². The number of rotatable bonds is 5. The Kier molecular flexibility index (Phi) is 6.15. The Bertz CT molecular complexity index is 1210. The number of amides is 4. The van der Waals surface area contributed by atoms with Gasteiger partial charge in [-0.2, -0.15) is 0 Å². The third kappa shape index (κ3) is 4.58. The molecule has 2 aromatic carbocycles. The number of thiazole rings is 1. The van der Waals surface area contributed by atoms with Crippen LogP contribution in [0.25, 0.3) is 21.7 Å². The number of nitrogens with zero attached hydrogens (tertiary/aromatic N) is 2. The van der Waals surface area contributed by atoms with Crippen LogP contribution >= 0.6 is 11.3 Å². The number of imide groups is 1. The minimum absolute atomic E-state index is 0.294. The number of hydrogen-bond acceptors (Lipinski definition) is 5. The minimum Gasteiger partial charge on any atom is -0.323 e. The van der Waals surface area contributed by atoms with Crippen molar-refractivity contribution in [2.75, 3.05) is 11.9 Å². The van der Waals surface area contributed by atoms with Crippen molar-refractivity contribution in [2.24, 2.45) is 0 Å². The van der Waals surface area contributed by atoms with Gasteiger partial charge >= 0.3 is 6.03 Å². The predicted octanol–water partition coefficient (Wildman–Crippen LogP) is 5.29. The molecule has 1 saturated carbocycles. The first-order valence-corrected chi connectivity index (χ1v) is 12.8. The van der Waals surface area contributed by atoms with Crippen molar-refractivity contribution in [1.82, 2.24) is 15.2 Å². The van der Waals surface area contributed by atoms with Gasteiger partial charge in [0.2, 0.25) is 5.91 Å². The lowest BCUT2D eigenvalue weighted by Crippen LogP contribution is -2.48. The van der Waals surface area contributed by atoms with Gasteiger partial charge < -0.3 is 10.6 Å². The lowest BCUT2D eigenvalue weighted by atomic mass is 9.82. The van der Waals surface area contributed by atoms with Gasteiger partial charge in [0.15, 0.2) is 5.13 Å². The van der Waals surface area contributed by atoms with E-state index in [9.17, 15) is 14.4 Å². The van der Waals surface area contributed by atoms with Gasteiger partial charge in [0, 0.05) is 5.56 Å². The van der Waals surface area contributed by atoms with Crippen molar-refractivity contribution in [1.29, 1.82) is 0 Å². The maximum absolute atomic E-state index is 13.0. The average molecular weight is 489 g/mol. The van der Waals surface area contributed by atoms with Crippen molar-refractivity contribution in [3.63, 3.8) is 0 Å². The SMILES string of the molecule is Cc1ccc(-c2nc(NC(=O)CN3C(=O)NC4(CCCCC4)C3=O)sc2-c2ccc(C)cc2)cc1. The fourth-order valence-electron chi connectivity index (χ4n) is 4.80. The Morgan fingerprint density at radius 2 is 1.57 bits per heavy atom. The molecule has 2 fully saturated rings. The van der Waals surface area contributed by atoms with Crippen LogP contribution in [0.5, 0.6) is 0 Å². The van der Waals surface area contributed by atoms with Crippen LogP contribution in [0, 0.1) is 13.8 Å². The zero-order valence-electron chi connectivity index (χ0n) is 19.9. The Morgan fingerprint density at radius 1 is 0.971 bits per heavy atom. The van der Waals surface area contributed by atoms with Gasteiger partial charge in [0.25, 0.3) is 5.91 Å². The monoisotopic (exact) mass is 488 g/mol. The van der Waals surface area contributed by atoms with E-state index in [2.05, 4.69) is 10.6 Å². The highest BCUT2D eigenvalue weighted by atomic mass is 32.1. The van der Waals surface area contributed by atoms with Crippen LogP contribution in [0.15, 0.2) is 48.5 Å². The molecule has 8 heteroatoms. The standard InChI is InChI=1S/C27H28N4O3S/c1-17-6-10-19(11-7-17)22-23(20-12-8-18(2)9-13-20)35-25(29-22)28-21(32)16-31-24(33)27(30-26(31)34)14-4-3-5-15-27/h6-13H,3-5,14-16H2,1-2H3,(H,30,34)(H,28,29,32). The lowest BCUT2D eigenvalue weighted by molar-refractivity contribution is -0.134. The molecule has 4 amide bonds. The summed E-state index contributed by atoms with van der Waals surface area (Å²) in [5.74, 6) is -0.738.